The van der Waals surface area contributed by atoms with Crippen LogP contribution >= 0.6 is 0 Å². The zero-order chi connectivity index (χ0) is 20.7. The smallest absolute Gasteiger partial charge is 0.214 e. The van der Waals surface area contributed by atoms with Crippen molar-refractivity contribution in [1.82, 2.24) is 5.01 Å². The molecule has 0 fully saturated rings. The number of nitrogens with zero attached hydrogens (tertiary/aromatic N) is 2. The van der Waals surface area contributed by atoms with Gasteiger partial charge in [0.05, 0.1) is 18.4 Å². The van der Waals surface area contributed by atoms with Crippen molar-refractivity contribution >= 4 is 5.71 Å². The van der Waals surface area contributed by atoms with E-state index >= 15 is 0 Å². The van der Waals surface area contributed by atoms with Gasteiger partial charge in [-0.15, -0.1) is 0 Å². The molecule has 0 unspecified atom stereocenters. The van der Waals surface area contributed by atoms with Gasteiger partial charge in [0.1, 0.15) is 11.5 Å². The van der Waals surface area contributed by atoms with E-state index in [1.54, 1.807) is 0 Å². The van der Waals surface area contributed by atoms with E-state index in [9.17, 15) is 0 Å². The quantitative estimate of drug-likeness (QED) is 0.545. The fourth-order valence-corrected chi connectivity index (χ4v) is 4.43. The van der Waals surface area contributed by atoms with Gasteiger partial charge >= 0.3 is 0 Å². The molecule has 0 radical (unpaired) electrons. The van der Waals surface area contributed by atoms with Gasteiger partial charge in [-0.25, -0.2) is 5.01 Å². The number of fused-ring (bicyclic) bond motifs is 3. The van der Waals surface area contributed by atoms with Crippen LogP contribution in [-0.4, -0.2) is 17.3 Å². The van der Waals surface area contributed by atoms with Gasteiger partial charge in [-0.05, 0) is 62.2 Å². The zero-order valence-electron chi connectivity index (χ0n) is 17.6. The summed E-state index contributed by atoms with van der Waals surface area (Å²) in [5, 5.41) is 7.20. The molecule has 4 nitrogen and oxygen atoms in total. The van der Waals surface area contributed by atoms with Crippen molar-refractivity contribution in [3.05, 3.63) is 94.5 Å². The number of hydrazone groups is 1. The van der Waals surface area contributed by atoms with E-state index in [2.05, 4.69) is 67.4 Å². The molecule has 0 N–H and O–H groups in total. The molecule has 30 heavy (non-hydrogen) atoms. The Bertz CT molecular complexity index is 1100. The van der Waals surface area contributed by atoms with Gasteiger partial charge in [0.25, 0.3) is 0 Å². The Hall–Kier alpha value is -3.27. The van der Waals surface area contributed by atoms with Crippen LogP contribution in [0.25, 0.3) is 0 Å². The van der Waals surface area contributed by atoms with E-state index in [4.69, 9.17) is 14.6 Å². The summed E-state index contributed by atoms with van der Waals surface area (Å²) in [7, 11) is 0. The molecule has 2 heterocycles. The lowest BCUT2D eigenvalue weighted by molar-refractivity contribution is -0.0194. The molecule has 2 atom stereocenters. The van der Waals surface area contributed by atoms with Crippen molar-refractivity contribution in [3.8, 4) is 11.5 Å². The van der Waals surface area contributed by atoms with Crippen LogP contribution in [0.15, 0.2) is 71.8 Å². The van der Waals surface area contributed by atoms with Crippen LogP contribution in [0.3, 0.4) is 0 Å². The number of rotatable bonds is 4. The Morgan fingerprint density at radius 2 is 1.80 bits per heavy atom. The fraction of sp³-hybridized carbons (Fsp3) is 0.269. The minimum absolute atomic E-state index is 0.169. The van der Waals surface area contributed by atoms with Crippen LogP contribution in [0.1, 0.15) is 53.4 Å². The van der Waals surface area contributed by atoms with Gasteiger partial charge in [-0.2, -0.15) is 5.10 Å². The third-order valence-corrected chi connectivity index (χ3v) is 5.89. The summed E-state index contributed by atoms with van der Waals surface area (Å²) in [5.74, 6) is 1.84. The largest absolute Gasteiger partial charge is 0.494 e. The lowest BCUT2D eigenvalue weighted by Gasteiger charge is -2.38. The molecule has 152 valence electrons. The molecule has 5 rings (SSSR count). The molecule has 0 bridgehead atoms. The summed E-state index contributed by atoms with van der Waals surface area (Å²) >= 11 is 0. The minimum atomic E-state index is -0.231. The first-order valence-electron chi connectivity index (χ1n) is 10.6. The highest BCUT2D eigenvalue weighted by molar-refractivity contribution is 6.02. The number of benzene rings is 3. The number of ether oxygens (including phenoxy) is 2. The normalized spacial score (nSPS) is 19.6. The first kappa shape index (κ1) is 18.7. The standard InChI is InChI=1S/C26H26N2O2/c1-4-29-20-12-10-19(11-13-20)23-16-24-22-7-5-6-8-25(22)30-26(28(24)27-23)21-14-9-17(2)15-18(21)3/h5-15,24,26H,4,16H2,1-3H3/t24-,26+/m0/s1. The number of aryl methyl sites for hydroxylation is 2. The molecule has 0 spiro atoms. The molecule has 4 heteroatoms. The van der Waals surface area contributed by atoms with E-state index in [1.165, 1.54) is 16.7 Å². The van der Waals surface area contributed by atoms with Crippen LogP contribution in [0.2, 0.25) is 0 Å². The van der Waals surface area contributed by atoms with Crippen molar-refractivity contribution in [2.24, 2.45) is 5.10 Å². The van der Waals surface area contributed by atoms with Crippen molar-refractivity contribution in [2.45, 2.75) is 39.5 Å². The Morgan fingerprint density at radius 1 is 1.00 bits per heavy atom. The maximum absolute atomic E-state index is 6.49. The minimum Gasteiger partial charge on any atom is -0.494 e. The second-order valence-corrected chi connectivity index (χ2v) is 7.97. The second-order valence-electron chi connectivity index (χ2n) is 7.97. The molecule has 0 aromatic heterocycles. The summed E-state index contributed by atoms with van der Waals surface area (Å²) in [4.78, 5) is 0. The summed E-state index contributed by atoms with van der Waals surface area (Å²) in [5.41, 5.74) is 7.05. The monoisotopic (exact) mass is 398 g/mol. The second kappa shape index (κ2) is 7.52. The molecule has 2 aliphatic rings. The van der Waals surface area contributed by atoms with Crippen molar-refractivity contribution in [3.63, 3.8) is 0 Å². The van der Waals surface area contributed by atoms with Crippen LogP contribution in [-0.2, 0) is 0 Å². The zero-order valence-corrected chi connectivity index (χ0v) is 17.6. The van der Waals surface area contributed by atoms with Gasteiger partial charge < -0.3 is 9.47 Å². The third-order valence-electron chi connectivity index (χ3n) is 5.89. The first-order chi connectivity index (χ1) is 14.6. The fourth-order valence-electron chi connectivity index (χ4n) is 4.43. The Labute approximate surface area is 177 Å². The van der Waals surface area contributed by atoms with Crippen LogP contribution < -0.4 is 9.47 Å². The van der Waals surface area contributed by atoms with Crippen LogP contribution in [0.4, 0.5) is 0 Å². The molecule has 0 saturated carbocycles. The van der Waals surface area contributed by atoms with Crippen molar-refractivity contribution in [1.29, 1.82) is 0 Å². The summed E-state index contributed by atoms with van der Waals surface area (Å²) < 4.78 is 12.1. The molecular weight excluding hydrogens is 372 g/mol. The van der Waals surface area contributed by atoms with Gasteiger partial charge in [0.2, 0.25) is 6.23 Å². The van der Waals surface area contributed by atoms with Crippen LogP contribution in [0, 0.1) is 13.8 Å². The van der Waals surface area contributed by atoms with Crippen LogP contribution in [0.5, 0.6) is 11.5 Å². The summed E-state index contributed by atoms with van der Waals surface area (Å²) in [6, 6.07) is 23.3. The Morgan fingerprint density at radius 3 is 2.57 bits per heavy atom. The molecule has 0 saturated heterocycles. The van der Waals surface area contributed by atoms with E-state index in [1.807, 2.05) is 25.1 Å². The molecule has 2 aliphatic heterocycles. The van der Waals surface area contributed by atoms with Gasteiger partial charge in [-0.1, -0.05) is 42.0 Å². The average Bonchev–Trinajstić information content (AvgIpc) is 3.20. The van der Waals surface area contributed by atoms with Gasteiger partial charge in [-0.3, -0.25) is 0 Å². The predicted molar refractivity (Wildman–Crippen MR) is 119 cm³/mol. The van der Waals surface area contributed by atoms with E-state index in [0.717, 1.165) is 34.8 Å². The first-order valence-corrected chi connectivity index (χ1v) is 10.6. The van der Waals surface area contributed by atoms with E-state index < -0.39 is 0 Å². The number of hydrogen-bond donors (Lipinski definition) is 0. The molecule has 0 aliphatic carbocycles. The lowest BCUT2D eigenvalue weighted by atomic mass is 9.95. The van der Waals surface area contributed by atoms with Gasteiger partial charge in [0, 0.05) is 17.5 Å². The molecule has 3 aromatic rings. The van der Waals surface area contributed by atoms with Gasteiger partial charge in [0.15, 0.2) is 0 Å². The van der Waals surface area contributed by atoms with E-state index in [-0.39, 0.29) is 12.3 Å². The Kier molecular flexibility index (Phi) is 4.70. The maximum atomic E-state index is 6.49. The molecular formula is C26H26N2O2. The van der Waals surface area contributed by atoms with Crippen molar-refractivity contribution in [2.75, 3.05) is 6.61 Å². The SMILES string of the molecule is CCOc1ccc(C2=NN3[C@@H](c4ccc(C)cc4C)Oc4ccccc4[C@@H]3C2)cc1. The maximum Gasteiger partial charge on any atom is 0.214 e. The number of para-hydroxylation sites is 1. The summed E-state index contributed by atoms with van der Waals surface area (Å²) in [6.07, 6.45) is 0.626. The summed E-state index contributed by atoms with van der Waals surface area (Å²) in [6.45, 7) is 6.93. The highest BCUT2D eigenvalue weighted by atomic mass is 16.5. The predicted octanol–water partition coefficient (Wildman–Crippen LogP) is 5.94. The average molecular weight is 399 g/mol. The lowest BCUT2D eigenvalue weighted by Crippen LogP contribution is -2.34. The number of hydrogen-bond acceptors (Lipinski definition) is 4. The highest BCUT2D eigenvalue weighted by Crippen LogP contribution is 2.47. The van der Waals surface area contributed by atoms with Crippen molar-refractivity contribution < 1.29 is 9.47 Å². The molecule has 0 amide bonds. The third kappa shape index (κ3) is 3.22. The topological polar surface area (TPSA) is 34.1 Å². The Balaban J connectivity index is 1.55. The highest BCUT2D eigenvalue weighted by Gasteiger charge is 2.41. The molecule has 3 aromatic carbocycles. The van der Waals surface area contributed by atoms with E-state index in [0.29, 0.717) is 6.61 Å².